The van der Waals surface area contributed by atoms with Crippen molar-refractivity contribution in [2.75, 3.05) is 0 Å². The van der Waals surface area contributed by atoms with E-state index in [1.807, 2.05) is 0 Å². The summed E-state index contributed by atoms with van der Waals surface area (Å²) in [6, 6.07) is 4.76. The average molecular weight is 247 g/mol. The Kier molecular flexibility index (Phi) is 3.65. The second-order valence-electron chi connectivity index (χ2n) is 4.77. The van der Waals surface area contributed by atoms with Crippen molar-refractivity contribution < 1.29 is 14.7 Å². The lowest BCUT2D eigenvalue weighted by atomic mass is 9.79. The van der Waals surface area contributed by atoms with Gasteiger partial charge in [-0.05, 0) is 36.5 Å². The van der Waals surface area contributed by atoms with Crippen LogP contribution in [0.25, 0.3) is 0 Å². The predicted octanol–water partition coefficient (Wildman–Crippen LogP) is 2.53. The molecule has 96 valence electrons. The van der Waals surface area contributed by atoms with Gasteiger partial charge in [0.15, 0.2) is 0 Å². The van der Waals surface area contributed by atoms with E-state index in [1.54, 1.807) is 18.2 Å². The van der Waals surface area contributed by atoms with Gasteiger partial charge in [-0.2, -0.15) is 0 Å². The Morgan fingerprint density at radius 3 is 2.28 bits per heavy atom. The molecule has 1 aliphatic carbocycles. The van der Waals surface area contributed by atoms with E-state index < -0.39 is 11.9 Å². The van der Waals surface area contributed by atoms with E-state index in [1.165, 1.54) is 6.42 Å². The second kappa shape index (κ2) is 5.21. The van der Waals surface area contributed by atoms with Crippen molar-refractivity contribution in [3.05, 3.63) is 34.9 Å². The summed E-state index contributed by atoms with van der Waals surface area (Å²) in [4.78, 5) is 22.8. The van der Waals surface area contributed by atoms with Crippen LogP contribution < -0.4 is 5.73 Å². The van der Waals surface area contributed by atoms with Crippen molar-refractivity contribution in [2.45, 2.75) is 38.0 Å². The molecule has 0 saturated heterocycles. The molecule has 3 N–H and O–H groups in total. The summed E-state index contributed by atoms with van der Waals surface area (Å²) >= 11 is 0. The maximum atomic E-state index is 11.5. The summed E-state index contributed by atoms with van der Waals surface area (Å²) in [5.41, 5.74) is 6.58. The van der Waals surface area contributed by atoms with E-state index in [-0.39, 0.29) is 11.5 Å². The Morgan fingerprint density at radius 1 is 1.11 bits per heavy atom. The molecule has 0 bridgehead atoms. The molecule has 1 fully saturated rings. The molecule has 1 aliphatic rings. The number of rotatable bonds is 3. The molecule has 1 saturated carbocycles. The van der Waals surface area contributed by atoms with E-state index in [4.69, 9.17) is 5.73 Å². The first-order valence-corrected chi connectivity index (χ1v) is 6.27. The number of carbonyl (C=O) groups excluding carboxylic acids is 1. The first-order valence-electron chi connectivity index (χ1n) is 6.27. The molecule has 0 aromatic heterocycles. The molecule has 1 amide bonds. The van der Waals surface area contributed by atoms with Crippen molar-refractivity contribution in [3.8, 4) is 0 Å². The molecule has 0 unspecified atom stereocenters. The fourth-order valence-corrected chi connectivity index (χ4v) is 2.80. The second-order valence-corrected chi connectivity index (χ2v) is 4.77. The summed E-state index contributed by atoms with van der Waals surface area (Å²) in [6.45, 7) is 0. The molecule has 1 aromatic carbocycles. The van der Waals surface area contributed by atoms with Gasteiger partial charge in [-0.25, -0.2) is 4.79 Å². The standard InChI is InChI=1S/C14H17NO3/c15-13(16)10-7-4-8-11(14(17)18)12(10)9-5-2-1-3-6-9/h4,7-9H,1-3,5-6H2,(H2,15,16)(H,17,18). The van der Waals surface area contributed by atoms with Crippen molar-refractivity contribution in [2.24, 2.45) is 5.73 Å². The number of carbonyl (C=O) groups is 2. The summed E-state index contributed by atoms with van der Waals surface area (Å²) < 4.78 is 0. The highest BCUT2D eigenvalue weighted by Gasteiger charge is 2.25. The first-order chi connectivity index (χ1) is 8.61. The molecular formula is C14H17NO3. The van der Waals surface area contributed by atoms with Gasteiger partial charge in [0.05, 0.1) is 5.56 Å². The molecule has 0 spiro atoms. The number of amides is 1. The van der Waals surface area contributed by atoms with Gasteiger partial charge < -0.3 is 10.8 Å². The fraction of sp³-hybridized carbons (Fsp3) is 0.429. The first kappa shape index (κ1) is 12.6. The third-order valence-electron chi connectivity index (χ3n) is 3.62. The molecule has 2 rings (SSSR count). The summed E-state index contributed by atoms with van der Waals surface area (Å²) in [5.74, 6) is -1.38. The lowest BCUT2D eigenvalue weighted by Gasteiger charge is -2.25. The van der Waals surface area contributed by atoms with Crippen LogP contribution in [0.2, 0.25) is 0 Å². The van der Waals surface area contributed by atoms with Gasteiger partial charge in [-0.1, -0.05) is 25.3 Å². The Hall–Kier alpha value is -1.84. The van der Waals surface area contributed by atoms with Crippen LogP contribution >= 0.6 is 0 Å². The fourth-order valence-electron chi connectivity index (χ4n) is 2.80. The van der Waals surface area contributed by atoms with E-state index in [0.717, 1.165) is 25.7 Å². The quantitative estimate of drug-likeness (QED) is 0.861. The minimum Gasteiger partial charge on any atom is -0.478 e. The number of benzene rings is 1. The van der Waals surface area contributed by atoms with Gasteiger partial charge >= 0.3 is 5.97 Å². The van der Waals surface area contributed by atoms with Gasteiger partial charge in [0.2, 0.25) is 5.91 Å². The number of hydrogen-bond donors (Lipinski definition) is 2. The number of carboxylic acid groups (broad SMARTS) is 1. The number of nitrogens with two attached hydrogens (primary N) is 1. The summed E-state index contributed by atoms with van der Waals surface area (Å²) in [7, 11) is 0. The largest absolute Gasteiger partial charge is 0.478 e. The van der Waals surface area contributed by atoms with E-state index in [9.17, 15) is 14.7 Å². The molecule has 0 radical (unpaired) electrons. The van der Waals surface area contributed by atoms with Gasteiger partial charge in [-0.15, -0.1) is 0 Å². The third kappa shape index (κ3) is 2.37. The molecule has 0 atom stereocenters. The molecule has 18 heavy (non-hydrogen) atoms. The number of aromatic carboxylic acids is 1. The minimum absolute atomic E-state index is 0.147. The van der Waals surface area contributed by atoms with Crippen molar-refractivity contribution in [1.82, 2.24) is 0 Å². The van der Waals surface area contributed by atoms with Crippen LogP contribution in [0.1, 0.15) is 64.3 Å². The topological polar surface area (TPSA) is 80.4 Å². The smallest absolute Gasteiger partial charge is 0.335 e. The Balaban J connectivity index is 2.52. The van der Waals surface area contributed by atoms with Gasteiger partial charge in [-0.3, -0.25) is 4.79 Å². The van der Waals surface area contributed by atoms with Crippen molar-refractivity contribution in [1.29, 1.82) is 0 Å². The molecule has 4 heteroatoms. The zero-order valence-electron chi connectivity index (χ0n) is 10.2. The number of primary amides is 1. The maximum absolute atomic E-state index is 11.5. The lowest BCUT2D eigenvalue weighted by Crippen LogP contribution is -2.20. The Bertz CT molecular complexity index is 444. The molecule has 4 nitrogen and oxygen atoms in total. The zero-order valence-corrected chi connectivity index (χ0v) is 10.2. The monoisotopic (exact) mass is 247 g/mol. The SMILES string of the molecule is NC(=O)c1cccc(C(=O)O)c1C1CCCCC1. The van der Waals surface area contributed by atoms with Crippen molar-refractivity contribution in [3.63, 3.8) is 0 Å². The van der Waals surface area contributed by atoms with Crippen molar-refractivity contribution >= 4 is 11.9 Å². The summed E-state index contributed by atoms with van der Waals surface area (Å²) in [5, 5.41) is 9.25. The van der Waals surface area contributed by atoms with Crippen LogP contribution in [-0.4, -0.2) is 17.0 Å². The highest BCUT2D eigenvalue weighted by atomic mass is 16.4. The lowest BCUT2D eigenvalue weighted by molar-refractivity contribution is 0.0694. The van der Waals surface area contributed by atoms with Crippen LogP contribution in [0.3, 0.4) is 0 Å². The normalized spacial score (nSPS) is 16.4. The van der Waals surface area contributed by atoms with Crippen LogP contribution in [0, 0.1) is 0 Å². The highest BCUT2D eigenvalue weighted by molar-refractivity contribution is 5.99. The maximum Gasteiger partial charge on any atom is 0.335 e. The number of hydrogen-bond acceptors (Lipinski definition) is 2. The summed E-state index contributed by atoms with van der Waals surface area (Å²) in [6.07, 6.45) is 5.21. The molecular weight excluding hydrogens is 230 g/mol. The van der Waals surface area contributed by atoms with Crippen LogP contribution in [0.5, 0.6) is 0 Å². The van der Waals surface area contributed by atoms with E-state index in [2.05, 4.69) is 0 Å². The third-order valence-corrected chi connectivity index (χ3v) is 3.62. The average Bonchev–Trinajstić information content (AvgIpc) is 2.38. The van der Waals surface area contributed by atoms with Gasteiger partial charge in [0, 0.05) is 5.56 Å². The predicted molar refractivity (Wildman–Crippen MR) is 67.7 cm³/mol. The molecule has 0 aliphatic heterocycles. The minimum atomic E-state index is -0.987. The van der Waals surface area contributed by atoms with Gasteiger partial charge in [0.1, 0.15) is 0 Å². The van der Waals surface area contributed by atoms with Gasteiger partial charge in [0.25, 0.3) is 0 Å². The van der Waals surface area contributed by atoms with Crippen LogP contribution in [-0.2, 0) is 0 Å². The van der Waals surface area contributed by atoms with Crippen LogP contribution in [0.15, 0.2) is 18.2 Å². The Morgan fingerprint density at radius 2 is 1.72 bits per heavy atom. The number of carboxylic acids is 1. The van der Waals surface area contributed by atoms with Crippen LogP contribution in [0.4, 0.5) is 0 Å². The van der Waals surface area contributed by atoms with E-state index in [0.29, 0.717) is 11.1 Å². The molecule has 1 aromatic rings. The molecule has 0 heterocycles. The highest BCUT2D eigenvalue weighted by Crippen LogP contribution is 2.36. The van der Waals surface area contributed by atoms with E-state index >= 15 is 0 Å². The zero-order chi connectivity index (χ0) is 13.1. The Labute approximate surface area is 106 Å².